The van der Waals surface area contributed by atoms with Gasteiger partial charge in [-0.15, -0.1) is 0 Å². The summed E-state index contributed by atoms with van der Waals surface area (Å²) in [6, 6.07) is 12.9. The number of hydrogen-bond donors (Lipinski definition) is 1. The molecular weight excluding hydrogens is 433 g/mol. The lowest BCUT2D eigenvalue weighted by molar-refractivity contribution is -0.132. The number of phenolic OH excluding ortho intramolecular Hbond substituents is 1. The largest absolute Gasteiger partial charge is 0.507 e. The predicted octanol–water partition coefficient (Wildman–Crippen LogP) is 4.59. The quantitative estimate of drug-likeness (QED) is 0.603. The van der Waals surface area contributed by atoms with E-state index in [1.54, 1.807) is 23.1 Å². The number of para-hydroxylation sites is 1. The van der Waals surface area contributed by atoms with E-state index in [0.717, 1.165) is 22.3 Å². The van der Waals surface area contributed by atoms with Gasteiger partial charge in [-0.05, 0) is 36.8 Å². The fourth-order valence-corrected chi connectivity index (χ4v) is 3.81. The van der Waals surface area contributed by atoms with Crippen LogP contribution >= 0.6 is 0 Å². The molecular formula is C24H27F3N4O2. The number of hydrogen-bond acceptors (Lipinski definition) is 5. The van der Waals surface area contributed by atoms with Gasteiger partial charge in [-0.3, -0.25) is 9.18 Å². The maximum Gasteiger partial charge on any atom is 0.239 e. The number of piperazine rings is 1. The molecule has 2 heterocycles. The standard InChI is InChI=1S/C23H24F2N4O2.CH3F/c1-15-6-7-16-18(14-15)26-22(17-4-2-3-5-19(17)30)27-23(16)29-12-10-28(11-13-29)21(31)9-8-20(24)25;1-2/h2-7,14,20,30H,8-13H2,1H3;1H3. The highest BCUT2D eigenvalue weighted by atomic mass is 19.3. The molecule has 2 aromatic carbocycles. The van der Waals surface area contributed by atoms with Gasteiger partial charge in [0.15, 0.2) is 5.82 Å². The van der Waals surface area contributed by atoms with Gasteiger partial charge in [-0.2, -0.15) is 0 Å². The molecule has 0 atom stereocenters. The molecule has 33 heavy (non-hydrogen) atoms. The minimum atomic E-state index is -2.46. The number of carbonyl (C=O) groups excluding carboxylic acids is 1. The van der Waals surface area contributed by atoms with Crippen LogP contribution in [-0.4, -0.2) is 65.7 Å². The van der Waals surface area contributed by atoms with Crippen LogP contribution in [0.25, 0.3) is 22.3 Å². The number of phenols is 1. The molecule has 1 aromatic heterocycles. The summed E-state index contributed by atoms with van der Waals surface area (Å²) in [6.45, 7) is 3.97. The highest BCUT2D eigenvalue weighted by Gasteiger charge is 2.24. The first-order chi connectivity index (χ1) is 15.9. The maximum atomic E-state index is 12.4. The molecule has 1 aliphatic heterocycles. The summed E-state index contributed by atoms with van der Waals surface area (Å²) in [4.78, 5) is 25.4. The summed E-state index contributed by atoms with van der Waals surface area (Å²) < 4.78 is 34.3. The Kier molecular flexibility index (Phi) is 8.08. The molecule has 0 spiro atoms. The lowest BCUT2D eigenvalue weighted by Gasteiger charge is -2.36. The second-order valence-electron chi connectivity index (χ2n) is 7.71. The molecule has 0 bridgehead atoms. The Hall–Kier alpha value is -3.36. The molecule has 0 saturated carbocycles. The molecule has 1 amide bonds. The van der Waals surface area contributed by atoms with Gasteiger partial charge in [0.1, 0.15) is 11.6 Å². The van der Waals surface area contributed by atoms with Gasteiger partial charge < -0.3 is 14.9 Å². The number of rotatable bonds is 5. The van der Waals surface area contributed by atoms with Crippen LogP contribution < -0.4 is 4.90 Å². The molecule has 176 valence electrons. The minimum absolute atomic E-state index is 0.106. The Balaban J connectivity index is 0.00000149. The molecule has 1 saturated heterocycles. The zero-order valence-electron chi connectivity index (χ0n) is 18.6. The Bertz CT molecular complexity index is 1100. The minimum Gasteiger partial charge on any atom is -0.507 e. The number of halogens is 3. The highest BCUT2D eigenvalue weighted by Crippen LogP contribution is 2.32. The van der Waals surface area contributed by atoms with E-state index in [1.807, 2.05) is 31.2 Å². The summed E-state index contributed by atoms with van der Waals surface area (Å²) in [5.74, 6) is 1.04. The molecule has 9 heteroatoms. The lowest BCUT2D eigenvalue weighted by atomic mass is 10.1. The normalized spacial score (nSPS) is 13.8. The Morgan fingerprint density at radius 3 is 2.42 bits per heavy atom. The lowest BCUT2D eigenvalue weighted by Crippen LogP contribution is -2.49. The van der Waals surface area contributed by atoms with Crippen molar-refractivity contribution < 1.29 is 23.1 Å². The molecule has 0 unspecified atom stereocenters. The third-order valence-electron chi connectivity index (χ3n) is 5.49. The fraction of sp³-hybridized carbons (Fsp3) is 0.375. The highest BCUT2D eigenvalue weighted by molar-refractivity contribution is 5.92. The second kappa shape index (κ2) is 11.0. The maximum absolute atomic E-state index is 12.4. The van der Waals surface area contributed by atoms with E-state index < -0.39 is 12.8 Å². The van der Waals surface area contributed by atoms with Crippen molar-refractivity contribution in [1.29, 1.82) is 0 Å². The first-order valence-electron chi connectivity index (χ1n) is 10.7. The summed E-state index contributed by atoms with van der Waals surface area (Å²) in [7, 11) is 0.500. The van der Waals surface area contributed by atoms with E-state index in [9.17, 15) is 23.1 Å². The number of anilines is 1. The monoisotopic (exact) mass is 460 g/mol. The SMILES string of the molecule is CF.Cc1ccc2c(N3CCN(C(=O)CCC(F)F)CC3)nc(-c3ccccc3O)nc2c1. The molecule has 3 aromatic rings. The number of amides is 1. The van der Waals surface area contributed by atoms with Crippen molar-refractivity contribution in [2.24, 2.45) is 0 Å². The van der Waals surface area contributed by atoms with Crippen LogP contribution in [0.4, 0.5) is 19.0 Å². The third-order valence-corrected chi connectivity index (χ3v) is 5.49. The number of alkyl halides is 3. The van der Waals surface area contributed by atoms with E-state index in [0.29, 0.717) is 44.7 Å². The predicted molar refractivity (Wildman–Crippen MR) is 122 cm³/mol. The van der Waals surface area contributed by atoms with Crippen molar-refractivity contribution in [2.45, 2.75) is 26.2 Å². The number of benzene rings is 2. The van der Waals surface area contributed by atoms with E-state index in [-0.39, 0.29) is 18.1 Å². The molecule has 0 radical (unpaired) electrons. The summed E-state index contributed by atoms with van der Waals surface area (Å²) in [5.41, 5.74) is 2.39. The first kappa shape index (κ1) is 24.3. The van der Waals surface area contributed by atoms with E-state index in [4.69, 9.17) is 4.98 Å². The number of fused-ring (bicyclic) bond motifs is 1. The van der Waals surface area contributed by atoms with Gasteiger partial charge in [0.05, 0.1) is 18.3 Å². The number of nitrogens with zero attached hydrogens (tertiary/aromatic N) is 4. The van der Waals surface area contributed by atoms with Crippen molar-refractivity contribution in [3.8, 4) is 17.1 Å². The van der Waals surface area contributed by atoms with Gasteiger partial charge in [-0.25, -0.2) is 18.7 Å². The Morgan fingerprint density at radius 1 is 1.06 bits per heavy atom. The third kappa shape index (κ3) is 5.71. The van der Waals surface area contributed by atoms with Crippen LogP contribution in [0, 0.1) is 6.92 Å². The summed E-state index contributed by atoms with van der Waals surface area (Å²) in [5, 5.41) is 11.2. The topological polar surface area (TPSA) is 69.6 Å². The van der Waals surface area contributed by atoms with Crippen LogP contribution in [0.2, 0.25) is 0 Å². The number of carbonyl (C=O) groups is 1. The van der Waals surface area contributed by atoms with Gasteiger partial charge in [0.25, 0.3) is 0 Å². The summed E-state index contributed by atoms with van der Waals surface area (Å²) >= 11 is 0. The van der Waals surface area contributed by atoms with Crippen molar-refractivity contribution in [3.63, 3.8) is 0 Å². The van der Waals surface area contributed by atoms with Crippen molar-refractivity contribution in [3.05, 3.63) is 48.0 Å². The van der Waals surface area contributed by atoms with E-state index in [1.165, 1.54) is 0 Å². The number of aromatic hydroxyl groups is 1. The smallest absolute Gasteiger partial charge is 0.239 e. The van der Waals surface area contributed by atoms with Crippen LogP contribution in [0.5, 0.6) is 5.75 Å². The van der Waals surface area contributed by atoms with Gasteiger partial charge in [0, 0.05) is 44.4 Å². The number of aromatic nitrogens is 2. The molecule has 6 nitrogen and oxygen atoms in total. The first-order valence-corrected chi connectivity index (χ1v) is 10.7. The average Bonchev–Trinajstić information content (AvgIpc) is 2.83. The van der Waals surface area contributed by atoms with Crippen LogP contribution in [0.1, 0.15) is 18.4 Å². The Morgan fingerprint density at radius 2 is 1.76 bits per heavy atom. The van der Waals surface area contributed by atoms with Gasteiger partial charge >= 0.3 is 0 Å². The van der Waals surface area contributed by atoms with Crippen LogP contribution in [0.3, 0.4) is 0 Å². The van der Waals surface area contributed by atoms with E-state index >= 15 is 0 Å². The van der Waals surface area contributed by atoms with Gasteiger partial charge in [-0.1, -0.05) is 18.2 Å². The average molecular weight is 461 g/mol. The van der Waals surface area contributed by atoms with Crippen molar-refractivity contribution >= 4 is 22.6 Å². The molecule has 1 aliphatic rings. The van der Waals surface area contributed by atoms with Crippen LogP contribution in [0.15, 0.2) is 42.5 Å². The Labute approximate surface area is 190 Å². The zero-order valence-corrected chi connectivity index (χ0v) is 18.6. The van der Waals surface area contributed by atoms with E-state index in [2.05, 4.69) is 9.88 Å². The molecule has 4 rings (SSSR count). The van der Waals surface area contributed by atoms with Crippen LogP contribution in [-0.2, 0) is 4.79 Å². The van der Waals surface area contributed by atoms with Crippen molar-refractivity contribution in [2.75, 3.05) is 38.3 Å². The molecule has 1 N–H and O–H groups in total. The molecule has 0 aliphatic carbocycles. The second-order valence-corrected chi connectivity index (χ2v) is 7.71. The fourth-order valence-electron chi connectivity index (χ4n) is 3.81. The van der Waals surface area contributed by atoms with Crippen molar-refractivity contribution in [1.82, 2.24) is 14.9 Å². The number of aryl methyl sites for hydroxylation is 1. The molecule has 1 fully saturated rings. The summed E-state index contributed by atoms with van der Waals surface area (Å²) in [6.07, 6.45) is -3.00. The van der Waals surface area contributed by atoms with Gasteiger partial charge in [0.2, 0.25) is 12.3 Å². The zero-order chi connectivity index (χ0) is 24.0.